The molecule has 116 valence electrons. The zero-order valence-electron chi connectivity index (χ0n) is 13.2. The first kappa shape index (κ1) is 15.4. The molecular weight excluding hydrogens is 278 g/mol. The minimum atomic E-state index is 0.695. The highest BCUT2D eigenvalue weighted by atomic mass is 35.5. The third-order valence-electron chi connectivity index (χ3n) is 5.32. The van der Waals surface area contributed by atoms with E-state index in [1.807, 2.05) is 6.07 Å². The van der Waals surface area contributed by atoms with E-state index >= 15 is 0 Å². The lowest BCUT2D eigenvalue weighted by Gasteiger charge is -2.37. The van der Waals surface area contributed by atoms with Gasteiger partial charge in [-0.15, -0.1) is 0 Å². The van der Waals surface area contributed by atoms with Gasteiger partial charge in [-0.1, -0.05) is 49.9 Å². The SMILES string of the molecule is CCCC1CCC(CNC2CC2)C(c2cccc(Cl)c2)C1. The number of nitrogens with one attached hydrogen (secondary N) is 1. The Bertz CT molecular complexity index is 455. The summed E-state index contributed by atoms with van der Waals surface area (Å²) in [6.07, 6.45) is 9.62. The van der Waals surface area contributed by atoms with Crippen molar-refractivity contribution < 1.29 is 0 Å². The predicted molar refractivity (Wildman–Crippen MR) is 91.0 cm³/mol. The second-order valence-corrected chi connectivity index (χ2v) is 7.51. The lowest BCUT2D eigenvalue weighted by atomic mass is 9.70. The molecule has 0 spiro atoms. The van der Waals surface area contributed by atoms with E-state index in [0.29, 0.717) is 5.92 Å². The second-order valence-electron chi connectivity index (χ2n) is 7.07. The average Bonchev–Trinajstić information content (AvgIpc) is 3.30. The molecule has 0 saturated heterocycles. The Balaban J connectivity index is 1.71. The third-order valence-corrected chi connectivity index (χ3v) is 5.56. The summed E-state index contributed by atoms with van der Waals surface area (Å²) in [6, 6.07) is 9.42. The van der Waals surface area contributed by atoms with Crippen LogP contribution in [0, 0.1) is 11.8 Å². The zero-order valence-corrected chi connectivity index (χ0v) is 13.9. The van der Waals surface area contributed by atoms with Crippen LogP contribution in [0.4, 0.5) is 0 Å². The Kier molecular flexibility index (Phi) is 5.24. The Morgan fingerprint density at radius 3 is 2.76 bits per heavy atom. The summed E-state index contributed by atoms with van der Waals surface area (Å²) < 4.78 is 0. The van der Waals surface area contributed by atoms with Gasteiger partial charge in [0.1, 0.15) is 0 Å². The maximum Gasteiger partial charge on any atom is 0.0408 e. The molecule has 0 bridgehead atoms. The van der Waals surface area contributed by atoms with Crippen molar-refractivity contribution in [3.05, 3.63) is 34.9 Å². The number of hydrogen-bond acceptors (Lipinski definition) is 1. The minimum absolute atomic E-state index is 0.695. The molecule has 21 heavy (non-hydrogen) atoms. The molecule has 1 nitrogen and oxygen atoms in total. The molecule has 1 aromatic rings. The van der Waals surface area contributed by atoms with Gasteiger partial charge in [0.2, 0.25) is 0 Å². The largest absolute Gasteiger partial charge is 0.314 e. The van der Waals surface area contributed by atoms with Gasteiger partial charge in [-0.25, -0.2) is 0 Å². The van der Waals surface area contributed by atoms with Gasteiger partial charge >= 0.3 is 0 Å². The zero-order chi connectivity index (χ0) is 14.7. The summed E-state index contributed by atoms with van der Waals surface area (Å²) in [5, 5.41) is 4.64. The normalized spacial score (nSPS) is 29.5. The van der Waals surface area contributed by atoms with Gasteiger partial charge in [-0.3, -0.25) is 0 Å². The van der Waals surface area contributed by atoms with Gasteiger partial charge in [0.15, 0.2) is 0 Å². The van der Waals surface area contributed by atoms with Gasteiger partial charge in [0, 0.05) is 11.1 Å². The van der Waals surface area contributed by atoms with E-state index in [4.69, 9.17) is 11.6 Å². The van der Waals surface area contributed by atoms with Crippen LogP contribution < -0.4 is 5.32 Å². The number of halogens is 1. The van der Waals surface area contributed by atoms with E-state index < -0.39 is 0 Å². The third kappa shape index (κ3) is 4.23. The minimum Gasteiger partial charge on any atom is -0.314 e. The van der Waals surface area contributed by atoms with Crippen molar-refractivity contribution >= 4 is 11.6 Å². The fraction of sp³-hybridized carbons (Fsp3) is 0.684. The van der Waals surface area contributed by atoms with Crippen LogP contribution in [0.25, 0.3) is 0 Å². The molecule has 1 N–H and O–H groups in total. The van der Waals surface area contributed by atoms with E-state index in [1.54, 1.807) is 0 Å². The quantitative estimate of drug-likeness (QED) is 0.743. The van der Waals surface area contributed by atoms with Crippen molar-refractivity contribution in [3.63, 3.8) is 0 Å². The molecule has 0 radical (unpaired) electrons. The highest BCUT2D eigenvalue weighted by molar-refractivity contribution is 6.30. The Hall–Kier alpha value is -0.530. The molecule has 2 heteroatoms. The molecule has 2 saturated carbocycles. The molecule has 0 amide bonds. The Morgan fingerprint density at radius 2 is 2.05 bits per heavy atom. The van der Waals surface area contributed by atoms with Gasteiger partial charge in [0.25, 0.3) is 0 Å². The molecule has 1 aromatic carbocycles. The molecule has 3 unspecified atom stereocenters. The van der Waals surface area contributed by atoms with Gasteiger partial charge in [0.05, 0.1) is 0 Å². The second kappa shape index (κ2) is 7.15. The first-order valence-electron chi connectivity index (χ1n) is 8.75. The maximum absolute atomic E-state index is 6.23. The Labute approximate surface area is 134 Å². The van der Waals surface area contributed by atoms with Crippen LogP contribution in [0.15, 0.2) is 24.3 Å². The van der Waals surface area contributed by atoms with Crippen molar-refractivity contribution in [1.82, 2.24) is 5.32 Å². The summed E-state index contributed by atoms with van der Waals surface area (Å²) in [6.45, 7) is 3.51. The van der Waals surface area contributed by atoms with Crippen LogP contribution in [-0.2, 0) is 0 Å². The number of rotatable bonds is 6. The molecule has 2 aliphatic rings. The Morgan fingerprint density at radius 1 is 1.19 bits per heavy atom. The molecular formula is C19H28ClN. The topological polar surface area (TPSA) is 12.0 Å². The summed E-state index contributed by atoms with van der Waals surface area (Å²) >= 11 is 6.23. The van der Waals surface area contributed by atoms with E-state index in [-0.39, 0.29) is 0 Å². The number of benzene rings is 1. The lowest BCUT2D eigenvalue weighted by Crippen LogP contribution is -2.33. The molecule has 3 atom stereocenters. The standard InChI is InChI=1S/C19H28ClN/c1-2-4-14-7-8-16(13-21-18-9-10-18)19(11-14)15-5-3-6-17(20)12-15/h3,5-6,12,14,16,18-19,21H,2,4,7-11,13H2,1H3. The predicted octanol–water partition coefficient (Wildman–Crippen LogP) is 5.39. The molecule has 2 aliphatic carbocycles. The number of hydrogen-bond donors (Lipinski definition) is 1. The van der Waals surface area contributed by atoms with Crippen LogP contribution in [0.1, 0.15) is 63.4 Å². The molecule has 0 aromatic heterocycles. The molecule has 0 heterocycles. The molecule has 3 rings (SSSR count). The maximum atomic E-state index is 6.23. The van der Waals surface area contributed by atoms with Crippen molar-refractivity contribution in [1.29, 1.82) is 0 Å². The first-order valence-corrected chi connectivity index (χ1v) is 9.13. The van der Waals surface area contributed by atoms with E-state index in [1.165, 1.54) is 57.1 Å². The van der Waals surface area contributed by atoms with Gasteiger partial charge in [-0.2, -0.15) is 0 Å². The summed E-state index contributed by atoms with van der Waals surface area (Å²) in [4.78, 5) is 0. The van der Waals surface area contributed by atoms with Crippen LogP contribution in [0.3, 0.4) is 0 Å². The van der Waals surface area contributed by atoms with E-state index in [9.17, 15) is 0 Å². The van der Waals surface area contributed by atoms with Gasteiger partial charge < -0.3 is 5.32 Å². The monoisotopic (exact) mass is 305 g/mol. The summed E-state index contributed by atoms with van der Waals surface area (Å²) in [5.74, 6) is 2.40. The molecule has 0 aliphatic heterocycles. The highest BCUT2D eigenvalue weighted by Crippen LogP contribution is 2.42. The molecule has 2 fully saturated rings. The fourth-order valence-corrected chi connectivity index (χ4v) is 4.18. The van der Waals surface area contributed by atoms with Crippen molar-refractivity contribution in [3.8, 4) is 0 Å². The van der Waals surface area contributed by atoms with Crippen LogP contribution in [0.2, 0.25) is 5.02 Å². The van der Waals surface area contributed by atoms with Crippen LogP contribution in [-0.4, -0.2) is 12.6 Å². The highest BCUT2D eigenvalue weighted by Gasteiger charge is 2.32. The summed E-state index contributed by atoms with van der Waals surface area (Å²) in [7, 11) is 0. The van der Waals surface area contributed by atoms with E-state index in [0.717, 1.165) is 22.9 Å². The smallest absolute Gasteiger partial charge is 0.0408 e. The van der Waals surface area contributed by atoms with Crippen molar-refractivity contribution in [2.75, 3.05) is 6.54 Å². The first-order chi connectivity index (χ1) is 10.3. The van der Waals surface area contributed by atoms with Crippen LogP contribution in [0.5, 0.6) is 0 Å². The van der Waals surface area contributed by atoms with Gasteiger partial charge in [-0.05, 0) is 67.7 Å². The average molecular weight is 306 g/mol. The van der Waals surface area contributed by atoms with Crippen LogP contribution >= 0.6 is 11.6 Å². The lowest BCUT2D eigenvalue weighted by molar-refractivity contribution is 0.220. The van der Waals surface area contributed by atoms with E-state index in [2.05, 4.69) is 30.4 Å². The van der Waals surface area contributed by atoms with Crippen molar-refractivity contribution in [2.24, 2.45) is 11.8 Å². The fourth-order valence-electron chi connectivity index (χ4n) is 3.99. The summed E-state index contributed by atoms with van der Waals surface area (Å²) in [5.41, 5.74) is 1.46. The van der Waals surface area contributed by atoms with Crippen molar-refractivity contribution in [2.45, 2.75) is 63.8 Å².